The van der Waals surface area contributed by atoms with Gasteiger partial charge in [-0.1, -0.05) is 0 Å². The maximum Gasteiger partial charge on any atom is 0.332 e. The van der Waals surface area contributed by atoms with E-state index in [2.05, 4.69) is 15.0 Å². The minimum Gasteiger partial charge on any atom is -0.479 e. The number of nitrogen functional groups attached to an aromatic ring is 1. The third kappa shape index (κ3) is 5.27. The van der Waals surface area contributed by atoms with Gasteiger partial charge in [-0.15, -0.1) is 0 Å². The lowest BCUT2D eigenvalue weighted by atomic mass is 10.4. The van der Waals surface area contributed by atoms with E-state index in [0.717, 1.165) is 0 Å². The Morgan fingerprint density at radius 2 is 2.04 bits per heavy atom. The number of imidazole rings is 1. The molecular weight excluding hydrogens is 326 g/mol. The van der Waals surface area contributed by atoms with Gasteiger partial charge in [-0.25, -0.2) is 9.78 Å². The van der Waals surface area contributed by atoms with Crippen molar-refractivity contribution >= 4 is 23.1 Å². The van der Waals surface area contributed by atoms with Crippen molar-refractivity contribution in [3.05, 3.63) is 16.7 Å². The number of aliphatic carboxylic acids is 1. The summed E-state index contributed by atoms with van der Waals surface area (Å²) < 4.78 is 6.66. The third-order valence-electron chi connectivity index (χ3n) is 2.71. The number of anilines is 1. The van der Waals surface area contributed by atoms with Gasteiger partial charge in [0.1, 0.15) is 18.9 Å². The van der Waals surface area contributed by atoms with Crippen LogP contribution >= 0.6 is 0 Å². The fourth-order valence-electron chi connectivity index (χ4n) is 1.41. The minimum absolute atomic E-state index is 0.00181. The van der Waals surface area contributed by atoms with E-state index >= 15 is 0 Å². The number of carboxylic acids is 1. The van der Waals surface area contributed by atoms with Crippen LogP contribution < -0.4 is 11.3 Å². The van der Waals surface area contributed by atoms with Gasteiger partial charge in [-0.05, 0) is 6.92 Å². The number of hydrogen-bond acceptors (Lipinski definition) is 9. The molecule has 1 unspecified atom stereocenters. The van der Waals surface area contributed by atoms with Gasteiger partial charge in [-0.2, -0.15) is 4.98 Å². The van der Waals surface area contributed by atoms with Crippen LogP contribution in [0.15, 0.2) is 11.1 Å². The van der Waals surface area contributed by atoms with Crippen LogP contribution in [0.25, 0.3) is 11.2 Å². The number of carboxylic acid groups (broad SMARTS) is 1. The Labute approximate surface area is 135 Å². The van der Waals surface area contributed by atoms with Gasteiger partial charge in [0.25, 0.3) is 5.56 Å². The average Bonchev–Trinajstić information content (AvgIpc) is 2.92. The van der Waals surface area contributed by atoms with Crippen molar-refractivity contribution in [3.63, 3.8) is 0 Å². The summed E-state index contributed by atoms with van der Waals surface area (Å²) in [6.07, 6.45) is -0.551. The molecule has 2 aromatic heterocycles. The van der Waals surface area contributed by atoms with Crippen molar-refractivity contribution in [1.82, 2.24) is 19.5 Å². The second-order valence-corrected chi connectivity index (χ2v) is 4.63. The second kappa shape index (κ2) is 8.93. The van der Waals surface area contributed by atoms with E-state index in [0.29, 0.717) is 0 Å². The first-order valence-electron chi connectivity index (χ1n) is 6.75. The lowest BCUT2D eigenvalue weighted by molar-refractivity contribution is -0.145. The number of nitrogens with two attached hydrogens (primary N) is 1. The third-order valence-corrected chi connectivity index (χ3v) is 2.71. The van der Waals surface area contributed by atoms with Gasteiger partial charge in [0.15, 0.2) is 11.2 Å². The first-order chi connectivity index (χ1) is 11.3. The quantitative estimate of drug-likeness (QED) is 0.325. The highest BCUT2D eigenvalue weighted by atomic mass is 16.5. The topological polar surface area (TPSA) is 197 Å². The van der Waals surface area contributed by atoms with Crippen LogP contribution in [-0.4, -0.2) is 71.3 Å². The summed E-state index contributed by atoms with van der Waals surface area (Å²) in [4.78, 5) is 31.1. The molecule has 7 N–H and O–H groups in total. The summed E-state index contributed by atoms with van der Waals surface area (Å²) in [7, 11) is 0. The van der Waals surface area contributed by atoms with E-state index in [1.165, 1.54) is 17.8 Å². The zero-order valence-corrected chi connectivity index (χ0v) is 12.8. The molecule has 0 amide bonds. The normalized spacial score (nSPS) is 12.0. The summed E-state index contributed by atoms with van der Waals surface area (Å²) in [6.45, 7) is 0.582. The maximum absolute atomic E-state index is 11.5. The number of aromatic nitrogens is 4. The lowest BCUT2D eigenvalue weighted by Crippen LogP contribution is -2.23. The molecule has 12 heteroatoms. The summed E-state index contributed by atoms with van der Waals surface area (Å²) in [5.41, 5.74) is 5.43. The Morgan fingerprint density at radius 1 is 1.46 bits per heavy atom. The van der Waals surface area contributed by atoms with E-state index in [1.807, 2.05) is 0 Å². The molecule has 0 saturated heterocycles. The van der Waals surface area contributed by atoms with E-state index in [-0.39, 0.29) is 37.1 Å². The number of aliphatic hydroxyl groups is 3. The number of ether oxygens (including phenoxy) is 1. The summed E-state index contributed by atoms with van der Waals surface area (Å²) in [5.74, 6) is -1.20. The average molecular weight is 345 g/mol. The van der Waals surface area contributed by atoms with Gasteiger partial charge in [0, 0.05) is 0 Å². The molecule has 2 aromatic rings. The van der Waals surface area contributed by atoms with Crippen LogP contribution in [0.5, 0.6) is 0 Å². The molecular formula is C12H19N5O7. The highest BCUT2D eigenvalue weighted by Crippen LogP contribution is 2.07. The molecule has 24 heavy (non-hydrogen) atoms. The van der Waals surface area contributed by atoms with Gasteiger partial charge in [0.05, 0.1) is 19.5 Å². The summed E-state index contributed by atoms with van der Waals surface area (Å²) >= 11 is 0. The molecule has 0 radical (unpaired) electrons. The fourth-order valence-corrected chi connectivity index (χ4v) is 1.41. The van der Waals surface area contributed by atoms with Gasteiger partial charge >= 0.3 is 5.97 Å². The van der Waals surface area contributed by atoms with Crippen LogP contribution in [0.3, 0.4) is 0 Å². The number of aliphatic hydroxyl groups excluding tert-OH is 3. The molecule has 134 valence electrons. The molecule has 0 aliphatic carbocycles. The predicted molar refractivity (Wildman–Crippen MR) is 80.9 cm³/mol. The van der Waals surface area contributed by atoms with Crippen molar-refractivity contribution in [3.8, 4) is 0 Å². The molecule has 0 bridgehead atoms. The van der Waals surface area contributed by atoms with Crippen molar-refractivity contribution in [1.29, 1.82) is 0 Å². The van der Waals surface area contributed by atoms with Crippen molar-refractivity contribution in [2.24, 2.45) is 0 Å². The number of nitrogens with one attached hydrogen (secondary N) is 1. The van der Waals surface area contributed by atoms with Gasteiger partial charge in [0.2, 0.25) is 5.95 Å². The molecule has 0 fully saturated rings. The fraction of sp³-hybridized carbons (Fsp3) is 0.500. The maximum atomic E-state index is 11.5. The lowest BCUT2D eigenvalue weighted by Gasteiger charge is -2.12. The first-order valence-corrected chi connectivity index (χ1v) is 6.75. The highest BCUT2D eigenvalue weighted by molar-refractivity contribution is 5.71. The Morgan fingerprint density at radius 3 is 2.54 bits per heavy atom. The molecule has 0 saturated carbocycles. The molecule has 1 atom stereocenters. The van der Waals surface area contributed by atoms with Crippen LogP contribution in [-0.2, 0) is 16.3 Å². The smallest absolute Gasteiger partial charge is 0.332 e. The van der Waals surface area contributed by atoms with E-state index in [1.54, 1.807) is 0 Å². The van der Waals surface area contributed by atoms with Gasteiger partial charge < -0.3 is 30.9 Å². The monoisotopic (exact) mass is 345 g/mol. The predicted octanol–water partition coefficient (Wildman–Crippen LogP) is -2.52. The Balaban J connectivity index is 0.000000413. The zero-order chi connectivity index (χ0) is 18.3. The van der Waals surface area contributed by atoms with Crippen molar-refractivity contribution in [2.75, 3.05) is 18.9 Å². The molecule has 0 aliphatic rings. The second-order valence-electron chi connectivity index (χ2n) is 4.63. The minimum atomic E-state index is -1.23. The van der Waals surface area contributed by atoms with Gasteiger partial charge in [-0.3, -0.25) is 14.3 Å². The van der Waals surface area contributed by atoms with Crippen LogP contribution in [0.1, 0.15) is 6.92 Å². The number of hydrogen-bond donors (Lipinski definition) is 6. The van der Waals surface area contributed by atoms with Crippen molar-refractivity contribution < 1.29 is 30.0 Å². The number of carbonyl (C=O) groups is 1. The molecule has 2 heterocycles. The number of rotatable bonds is 6. The number of nitrogens with zero attached hydrogens (tertiary/aromatic N) is 3. The first kappa shape index (κ1) is 19.5. The molecule has 0 aliphatic heterocycles. The molecule has 0 spiro atoms. The van der Waals surface area contributed by atoms with E-state index in [9.17, 15) is 9.59 Å². The summed E-state index contributed by atoms with van der Waals surface area (Å²) in [6, 6.07) is 0. The Bertz CT molecular complexity index is 722. The largest absolute Gasteiger partial charge is 0.479 e. The molecule has 0 aromatic carbocycles. The molecule has 2 rings (SSSR count). The molecule has 12 nitrogen and oxygen atoms in total. The zero-order valence-electron chi connectivity index (χ0n) is 12.8. The number of fused-ring (bicyclic) bond motifs is 1. The number of H-pyrrole nitrogens is 1. The Kier molecular flexibility index (Phi) is 7.26. The van der Waals surface area contributed by atoms with Crippen LogP contribution in [0.2, 0.25) is 0 Å². The summed E-state index contributed by atoms with van der Waals surface area (Å²) in [5, 5.41) is 33.5. The van der Waals surface area contributed by atoms with Crippen molar-refractivity contribution in [2.45, 2.75) is 25.9 Å². The SMILES string of the molecule is CC(O)C(=O)O.Nc1nc2c(ncn2COC(CO)CO)c(=O)[nH]1. The van der Waals surface area contributed by atoms with Crippen LogP contribution in [0, 0.1) is 0 Å². The Hall–Kier alpha value is -2.54. The highest BCUT2D eigenvalue weighted by Gasteiger charge is 2.11. The standard InChI is InChI=1S/C9H13N5O4.C3H6O3/c10-9-12-7-6(8(17)13-9)11-3-14(7)4-18-5(1-15)2-16;1-2(4)3(5)6/h3,5,15-16H,1-2,4H2,(H3,10,12,13,17);2,4H,1H3,(H,5,6). The van der Waals surface area contributed by atoms with E-state index in [4.69, 9.17) is 30.9 Å². The van der Waals surface area contributed by atoms with E-state index < -0.39 is 23.7 Å². The number of aromatic amines is 1. The van der Waals surface area contributed by atoms with Crippen LogP contribution in [0.4, 0.5) is 5.95 Å².